The van der Waals surface area contributed by atoms with Crippen molar-refractivity contribution in [1.29, 1.82) is 0 Å². The van der Waals surface area contributed by atoms with Crippen molar-refractivity contribution in [2.75, 3.05) is 27.2 Å². The number of hydroxylamine groups is 1. The van der Waals surface area contributed by atoms with E-state index in [0.717, 1.165) is 32.3 Å². The average Bonchev–Trinajstić information content (AvgIpc) is 3.22. The predicted octanol–water partition coefficient (Wildman–Crippen LogP) is 17.0. The van der Waals surface area contributed by atoms with Gasteiger partial charge in [0.1, 0.15) is 0 Å². The van der Waals surface area contributed by atoms with E-state index in [-0.39, 0.29) is 0 Å². The standard InChI is InChI=1S/C54H100N2O2/c1-5-7-9-11-13-15-17-19-21-23-25-27-29-31-33-37-44-52(45-38-34-32-30-28-26-24-22-20-18-16-14-12-10-8-6-2)55-57-51-42-36-35-39-46-53-48-43-49-54(58-53)47-40-41-50-56(3)4/h13-16,19-22,44,53-55H,5-12,17-18,23-43,45-51H2,1-4H3. The predicted molar refractivity (Wildman–Crippen MR) is 259 cm³/mol. The van der Waals surface area contributed by atoms with Gasteiger partial charge in [0.05, 0.1) is 18.8 Å². The molecule has 0 amide bonds. The smallest absolute Gasteiger partial charge is 0.0745 e. The van der Waals surface area contributed by atoms with E-state index in [1.807, 2.05) is 0 Å². The summed E-state index contributed by atoms with van der Waals surface area (Å²) in [7, 11) is 4.34. The number of hydrogen-bond donors (Lipinski definition) is 1. The Kier molecular flexibility index (Phi) is 42.1. The highest BCUT2D eigenvalue weighted by Crippen LogP contribution is 2.26. The van der Waals surface area contributed by atoms with E-state index in [9.17, 15) is 0 Å². The molecule has 0 aromatic rings. The molecule has 0 bridgehead atoms. The topological polar surface area (TPSA) is 33.7 Å². The van der Waals surface area contributed by atoms with Gasteiger partial charge in [0.25, 0.3) is 0 Å². The van der Waals surface area contributed by atoms with Crippen LogP contribution in [0.3, 0.4) is 0 Å². The van der Waals surface area contributed by atoms with E-state index in [1.165, 1.54) is 218 Å². The fraction of sp³-hybridized carbons (Fsp3) is 0.815. The molecular weight excluding hydrogens is 709 g/mol. The first-order chi connectivity index (χ1) is 28.7. The zero-order valence-electron chi connectivity index (χ0n) is 39.5. The molecule has 1 fully saturated rings. The third kappa shape index (κ3) is 39.8. The molecule has 0 aromatic heterocycles. The van der Waals surface area contributed by atoms with Gasteiger partial charge < -0.3 is 9.64 Å². The van der Waals surface area contributed by atoms with Crippen LogP contribution in [-0.2, 0) is 9.57 Å². The summed E-state index contributed by atoms with van der Waals surface area (Å²) in [5.41, 5.74) is 4.73. The largest absolute Gasteiger partial charge is 0.375 e. The molecule has 4 heteroatoms. The highest BCUT2D eigenvalue weighted by Gasteiger charge is 2.21. The molecule has 1 aliphatic heterocycles. The van der Waals surface area contributed by atoms with E-state index in [2.05, 4.69) is 93.0 Å². The summed E-state index contributed by atoms with van der Waals surface area (Å²) in [5.74, 6) is 0. The zero-order chi connectivity index (χ0) is 41.7. The fourth-order valence-electron chi connectivity index (χ4n) is 7.98. The molecular formula is C54H100N2O2. The van der Waals surface area contributed by atoms with Gasteiger partial charge in [0, 0.05) is 5.70 Å². The highest BCUT2D eigenvalue weighted by molar-refractivity contribution is 4.97. The van der Waals surface area contributed by atoms with Crippen LogP contribution in [0.2, 0.25) is 0 Å². The van der Waals surface area contributed by atoms with Crippen molar-refractivity contribution in [2.45, 2.75) is 257 Å². The van der Waals surface area contributed by atoms with E-state index in [1.54, 1.807) is 0 Å². The molecule has 1 N–H and O–H groups in total. The molecule has 0 saturated carbocycles. The molecule has 0 radical (unpaired) electrons. The third-order valence-corrected chi connectivity index (χ3v) is 11.7. The highest BCUT2D eigenvalue weighted by atomic mass is 16.6. The Balaban J connectivity index is 2.24. The second-order valence-corrected chi connectivity index (χ2v) is 17.8. The number of nitrogens with one attached hydrogen (secondary N) is 1. The van der Waals surface area contributed by atoms with Crippen molar-refractivity contribution in [3.05, 3.63) is 60.4 Å². The van der Waals surface area contributed by atoms with Crippen molar-refractivity contribution >= 4 is 0 Å². The van der Waals surface area contributed by atoms with Crippen LogP contribution in [0, 0.1) is 0 Å². The summed E-state index contributed by atoms with van der Waals surface area (Å²) >= 11 is 0. The van der Waals surface area contributed by atoms with Gasteiger partial charge in [-0.15, -0.1) is 0 Å². The van der Waals surface area contributed by atoms with Gasteiger partial charge >= 0.3 is 0 Å². The van der Waals surface area contributed by atoms with Crippen LogP contribution >= 0.6 is 0 Å². The van der Waals surface area contributed by atoms with Crippen molar-refractivity contribution in [3.63, 3.8) is 0 Å². The second-order valence-electron chi connectivity index (χ2n) is 17.8. The zero-order valence-corrected chi connectivity index (χ0v) is 39.5. The lowest BCUT2D eigenvalue weighted by Gasteiger charge is -2.30. The Bertz CT molecular complexity index is 982. The number of allylic oxidation sites excluding steroid dienone is 10. The summed E-state index contributed by atoms with van der Waals surface area (Å²) in [6.07, 6.45) is 68.4. The number of hydrogen-bond acceptors (Lipinski definition) is 4. The quantitative estimate of drug-likeness (QED) is 0.0378. The molecule has 0 spiro atoms. The van der Waals surface area contributed by atoms with Gasteiger partial charge in [0.15, 0.2) is 0 Å². The van der Waals surface area contributed by atoms with Gasteiger partial charge in [0.2, 0.25) is 0 Å². The summed E-state index contributed by atoms with van der Waals surface area (Å²) in [6.45, 7) is 6.55. The molecule has 338 valence electrons. The maximum Gasteiger partial charge on any atom is 0.0745 e. The number of nitrogens with zero attached hydrogens (tertiary/aromatic N) is 1. The van der Waals surface area contributed by atoms with Crippen LogP contribution < -0.4 is 5.48 Å². The SMILES string of the molecule is CCCCCC=CCC=CCCCCCCCC=C(CCCCCCCCC=CCC=CCCCCC)NOCCCCCCC1CCCC(CCCCN(C)C)O1. The number of rotatable bonds is 43. The van der Waals surface area contributed by atoms with E-state index in [4.69, 9.17) is 9.57 Å². The molecule has 0 aliphatic carbocycles. The van der Waals surface area contributed by atoms with Crippen LogP contribution in [0.1, 0.15) is 245 Å². The van der Waals surface area contributed by atoms with E-state index < -0.39 is 0 Å². The minimum absolute atomic E-state index is 0.498. The van der Waals surface area contributed by atoms with Crippen molar-refractivity contribution in [3.8, 4) is 0 Å². The lowest BCUT2D eigenvalue weighted by Crippen LogP contribution is -2.27. The van der Waals surface area contributed by atoms with Gasteiger partial charge in [-0.1, -0.05) is 158 Å². The monoisotopic (exact) mass is 809 g/mol. The van der Waals surface area contributed by atoms with Gasteiger partial charge in [-0.3, -0.25) is 10.3 Å². The molecule has 58 heavy (non-hydrogen) atoms. The van der Waals surface area contributed by atoms with Crippen LogP contribution in [0.15, 0.2) is 60.4 Å². The first-order valence-corrected chi connectivity index (χ1v) is 25.6. The van der Waals surface area contributed by atoms with Crippen LogP contribution in [0.5, 0.6) is 0 Å². The Morgan fingerprint density at radius 1 is 0.517 bits per heavy atom. The second kappa shape index (κ2) is 44.9. The van der Waals surface area contributed by atoms with Crippen LogP contribution in [-0.4, -0.2) is 44.4 Å². The van der Waals surface area contributed by atoms with Crippen molar-refractivity contribution < 1.29 is 9.57 Å². The van der Waals surface area contributed by atoms with Crippen molar-refractivity contribution in [2.24, 2.45) is 0 Å². The fourth-order valence-corrected chi connectivity index (χ4v) is 7.98. The molecule has 4 nitrogen and oxygen atoms in total. The Labute approximate surface area is 363 Å². The molecule has 2 atom stereocenters. The maximum absolute atomic E-state index is 6.49. The number of unbranched alkanes of at least 4 members (excludes halogenated alkanes) is 22. The van der Waals surface area contributed by atoms with Crippen LogP contribution in [0.25, 0.3) is 0 Å². The van der Waals surface area contributed by atoms with Crippen LogP contribution in [0.4, 0.5) is 0 Å². The Morgan fingerprint density at radius 2 is 0.966 bits per heavy atom. The Morgan fingerprint density at radius 3 is 1.50 bits per heavy atom. The lowest BCUT2D eigenvalue weighted by atomic mass is 9.97. The lowest BCUT2D eigenvalue weighted by molar-refractivity contribution is -0.0580. The molecule has 1 saturated heterocycles. The molecule has 1 rings (SSSR count). The molecule has 1 aliphatic rings. The number of ether oxygens (including phenoxy) is 1. The molecule has 2 unspecified atom stereocenters. The molecule has 1 heterocycles. The minimum atomic E-state index is 0.498. The van der Waals surface area contributed by atoms with E-state index >= 15 is 0 Å². The van der Waals surface area contributed by atoms with Gasteiger partial charge in [-0.25, -0.2) is 0 Å². The summed E-state index contributed by atoms with van der Waals surface area (Å²) in [6, 6.07) is 0. The van der Waals surface area contributed by atoms with Gasteiger partial charge in [-0.05, 0) is 162 Å². The normalized spacial score (nSPS) is 16.7. The first kappa shape index (κ1) is 54.4. The summed E-state index contributed by atoms with van der Waals surface area (Å²) in [5, 5.41) is 0. The third-order valence-electron chi connectivity index (χ3n) is 11.7. The summed E-state index contributed by atoms with van der Waals surface area (Å²) in [4.78, 5) is 8.35. The average molecular weight is 809 g/mol. The minimum Gasteiger partial charge on any atom is -0.375 e. The van der Waals surface area contributed by atoms with Crippen molar-refractivity contribution in [1.82, 2.24) is 10.4 Å². The summed E-state index contributed by atoms with van der Waals surface area (Å²) < 4.78 is 6.49. The maximum atomic E-state index is 6.49. The Hall–Kier alpha value is -1.62. The van der Waals surface area contributed by atoms with Gasteiger partial charge in [-0.2, -0.15) is 0 Å². The molecule has 0 aromatic carbocycles. The first-order valence-electron chi connectivity index (χ1n) is 25.6. The van der Waals surface area contributed by atoms with E-state index in [0.29, 0.717) is 12.2 Å².